The normalized spacial score (nSPS) is 12.7. The predicted octanol–water partition coefficient (Wildman–Crippen LogP) is 3.74. The monoisotopic (exact) mass is 296 g/mol. The fourth-order valence-electron chi connectivity index (χ4n) is 2.47. The van der Waals surface area contributed by atoms with Crippen LogP contribution in [0, 0.1) is 26.6 Å². The van der Waals surface area contributed by atoms with Gasteiger partial charge in [0.05, 0.1) is 11.1 Å². The highest BCUT2D eigenvalue weighted by Crippen LogP contribution is 2.29. The number of furan rings is 1. The van der Waals surface area contributed by atoms with Gasteiger partial charge >= 0.3 is 0 Å². The maximum atomic E-state index is 13.5. The lowest BCUT2D eigenvalue weighted by molar-refractivity contribution is 0.484. The molecule has 0 amide bonds. The zero-order valence-corrected chi connectivity index (χ0v) is 12.5. The van der Waals surface area contributed by atoms with Crippen molar-refractivity contribution in [3.8, 4) is 0 Å². The highest BCUT2D eigenvalue weighted by molar-refractivity contribution is 6.30. The van der Waals surface area contributed by atoms with Crippen LogP contribution in [0.3, 0.4) is 0 Å². The first-order valence-corrected chi connectivity index (χ1v) is 6.78. The van der Waals surface area contributed by atoms with Crippen molar-refractivity contribution < 1.29 is 8.81 Å². The van der Waals surface area contributed by atoms with Gasteiger partial charge in [0, 0.05) is 5.56 Å². The molecule has 1 heterocycles. The summed E-state index contributed by atoms with van der Waals surface area (Å²) in [6.07, 6.45) is 0.561. The molecule has 0 fully saturated rings. The molecular formula is C15H18ClFN2O. The smallest absolute Gasteiger partial charge is 0.142 e. The van der Waals surface area contributed by atoms with Crippen LogP contribution in [-0.2, 0) is 6.42 Å². The summed E-state index contributed by atoms with van der Waals surface area (Å²) in [6.45, 7) is 5.82. The van der Waals surface area contributed by atoms with Gasteiger partial charge in [0.1, 0.15) is 17.3 Å². The van der Waals surface area contributed by atoms with Gasteiger partial charge in [-0.1, -0.05) is 17.7 Å². The fourth-order valence-corrected chi connectivity index (χ4v) is 2.59. The van der Waals surface area contributed by atoms with Crippen molar-refractivity contribution in [3.05, 3.63) is 57.2 Å². The zero-order valence-electron chi connectivity index (χ0n) is 11.8. The van der Waals surface area contributed by atoms with Gasteiger partial charge in [0.15, 0.2) is 0 Å². The number of rotatable bonds is 4. The van der Waals surface area contributed by atoms with Crippen molar-refractivity contribution in [3.63, 3.8) is 0 Å². The highest BCUT2D eigenvalue weighted by atomic mass is 35.5. The number of hydrogen-bond acceptors (Lipinski definition) is 3. The average molecular weight is 297 g/mol. The van der Waals surface area contributed by atoms with Crippen LogP contribution in [0.2, 0.25) is 5.02 Å². The molecule has 0 aliphatic heterocycles. The molecule has 20 heavy (non-hydrogen) atoms. The van der Waals surface area contributed by atoms with E-state index in [0.717, 1.165) is 28.2 Å². The molecule has 0 radical (unpaired) electrons. The Morgan fingerprint density at radius 1 is 1.30 bits per heavy atom. The molecule has 1 aromatic carbocycles. The molecule has 0 aliphatic carbocycles. The van der Waals surface area contributed by atoms with Gasteiger partial charge in [0.2, 0.25) is 0 Å². The van der Waals surface area contributed by atoms with Gasteiger partial charge in [-0.05, 0) is 50.5 Å². The SMILES string of the molecule is Cc1oc(C)c(C(Cc2ccc(Cl)c(F)c2)NN)c1C. The van der Waals surface area contributed by atoms with E-state index in [4.69, 9.17) is 21.9 Å². The number of nitrogens with two attached hydrogens (primary N) is 1. The molecule has 2 rings (SSSR count). The standard InChI is InChI=1S/C15H18ClFN2O/c1-8-9(2)20-10(3)15(8)14(19-18)7-11-4-5-12(16)13(17)6-11/h4-6,14,19H,7,18H2,1-3H3. The Bertz CT molecular complexity index is 625. The second kappa shape index (κ2) is 5.95. The Labute approximate surface area is 122 Å². The van der Waals surface area contributed by atoms with Crippen molar-refractivity contribution in [2.24, 2.45) is 5.84 Å². The minimum Gasteiger partial charge on any atom is -0.466 e. The summed E-state index contributed by atoms with van der Waals surface area (Å²) < 4.78 is 19.1. The van der Waals surface area contributed by atoms with E-state index >= 15 is 0 Å². The Morgan fingerprint density at radius 3 is 2.50 bits per heavy atom. The maximum absolute atomic E-state index is 13.5. The Morgan fingerprint density at radius 2 is 2.00 bits per heavy atom. The summed E-state index contributed by atoms with van der Waals surface area (Å²) in [7, 11) is 0. The lowest BCUT2D eigenvalue weighted by Crippen LogP contribution is -2.30. The molecule has 2 aromatic rings. The van der Waals surface area contributed by atoms with Crippen LogP contribution in [0.15, 0.2) is 22.6 Å². The van der Waals surface area contributed by atoms with Crippen LogP contribution >= 0.6 is 11.6 Å². The van der Waals surface area contributed by atoms with Gasteiger partial charge in [0.25, 0.3) is 0 Å². The van der Waals surface area contributed by atoms with Crippen LogP contribution in [0.1, 0.15) is 34.3 Å². The molecule has 0 spiro atoms. The molecule has 0 aliphatic rings. The second-order valence-electron chi connectivity index (χ2n) is 4.92. The minimum atomic E-state index is -0.420. The molecule has 3 N–H and O–H groups in total. The number of hydrogen-bond donors (Lipinski definition) is 2. The van der Waals surface area contributed by atoms with E-state index in [2.05, 4.69) is 5.43 Å². The molecule has 108 valence electrons. The van der Waals surface area contributed by atoms with Crippen molar-refractivity contribution >= 4 is 11.6 Å². The van der Waals surface area contributed by atoms with Crippen LogP contribution < -0.4 is 11.3 Å². The molecular weight excluding hydrogens is 279 g/mol. The van der Waals surface area contributed by atoms with Crippen LogP contribution in [0.4, 0.5) is 4.39 Å². The van der Waals surface area contributed by atoms with Crippen molar-refractivity contribution in [2.75, 3.05) is 0 Å². The van der Waals surface area contributed by atoms with Crippen molar-refractivity contribution in [2.45, 2.75) is 33.2 Å². The topological polar surface area (TPSA) is 51.2 Å². The van der Waals surface area contributed by atoms with E-state index in [1.54, 1.807) is 12.1 Å². The van der Waals surface area contributed by atoms with Crippen LogP contribution in [-0.4, -0.2) is 0 Å². The van der Waals surface area contributed by atoms with Gasteiger partial charge in [-0.25, -0.2) is 4.39 Å². The van der Waals surface area contributed by atoms with Crippen molar-refractivity contribution in [1.29, 1.82) is 0 Å². The number of hydrazine groups is 1. The quantitative estimate of drug-likeness (QED) is 0.667. The number of halogens is 2. The van der Waals surface area contributed by atoms with Crippen molar-refractivity contribution in [1.82, 2.24) is 5.43 Å². The summed E-state index contributed by atoms with van der Waals surface area (Å²) in [5, 5.41) is 0.123. The Balaban J connectivity index is 2.31. The Kier molecular flexibility index (Phi) is 4.48. The number of aryl methyl sites for hydroxylation is 2. The third-order valence-corrected chi connectivity index (χ3v) is 3.90. The summed E-state index contributed by atoms with van der Waals surface area (Å²) in [5.74, 6) is 6.94. The molecule has 1 aromatic heterocycles. The molecule has 0 saturated carbocycles. The highest BCUT2D eigenvalue weighted by Gasteiger charge is 2.20. The van der Waals surface area contributed by atoms with Crippen LogP contribution in [0.25, 0.3) is 0 Å². The zero-order chi connectivity index (χ0) is 14.9. The molecule has 0 saturated heterocycles. The largest absolute Gasteiger partial charge is 0.466 e. The third kappa shape index (κ3) is 2.87. The lowest BCUT2D eigenvalue weighted by atomic mass is 9.96. The van der Waals surface area contributed by atoms with Gasteiger partial charge in [-0.2, -0.15) is 0 Å². The van der Waals surface area contributed by atoms with E-state index in [9.17, 15) is 4.39 Å². The summed E-state index contributed by atoms with van der Waals surface area (Å²) >= 11 is 5.69. The maximum Gasteiger partial charge on any atom is 0.142 e. The third-order valence-electron chi connectivity index (χ3n) is 3.59. The first-order chi connectivity index (χ1) is 9.43. The Hall–Kier alpha value is -1.36. The van der Waals surface area contributed by atoms with E-state index in [1.165, 1.54) is 6.07 Å². The molecule has 1 atom stereocenters. The molecule has 3 nitrogen and oxygen atoms in total. The number of benzene rings is 1. The minimum absolute atomic E-state index is 0.123. The summed E-state index contributed by atoms with van der Waals surface area (Å²) in [5.41, 5.74) is 5.70. The van der Waals surface area contributed by atoms with Crippen LogP contribution in [0.5, 0.6) is 0 Å². The van der Waals surface area contributed by atoms with Gasteiger partial charge in [-0.3, -0.25) is 11.3 Å². The predicted molar refractivity (Wildman–Crippen MR) is 78.1 cm³/mol. The first-order valence-electron chi connectivity index (χ1n) is 6.40. The van der Waals surface area contributed by atoms with Gasteiger partial charge in [-0.15, -0.1) is 0 Å². The second-order valence-corrected chi connectivity index (χ2v) is 5.33. The van der Waals surface area contributed by atoms with E-state index in [1.807, 2.05) is 20.8 Å². The van der Waals surface area contributed by atoms with Gasteiger partial charge < -0.3 is 4.42 Å². The summed E-state index contributed by atoms with van der Waals surface area (Å²) in [6, 6.07) is 4.66. The lowest BCUT2D eigenvalue weighted by Gasteiger charge is -2.17. The average Bonchev–Trinajstić information content (AvgIpc) is 2.65. The van der Waals surface area contributed by atoms with E-state index < -0.39 is 5.82 Å². The number of nitrogens with one attached hydrogen (secondary N) is 1. The fraction of sp³-hybridized carbons (Fsp3) is 0.333. The molecule has 0 bridgehead atoms. The van der Waals surface area contributed by atoms with E-state index in [-0.39, 0.29) is 11.1 Å². The summed E-state index contributed by atoms with van der Waals surface area (Å²) in [4.78, 5) is 0. The molecule has 1 unspecified atom stereocenters. The molecule has 5 heteroatoms. The van der Waals surface area contributed by atoms with E-state index in [0.29, 0.717) is 6.42 Å². The first kappa shape index (κ1) is 15.0.